The molecule has 0 fully saturated rings. The Bertz CT molecular complexity index is 485. The molecule has 0 aliphatic carbocycles. The summed E-state index contributed by atoms with van der Waals surface area (Å²) < 4.78 is 60.2. The van der Waals surface area contributed by atoms with E-state index in [4.69, 9.17) is 5.11 Å². The van der Waals surface area contributed by atoms with Gasteiger partial charge in [-0.25, -0.2) is 13.1 Å². The van der Waals surface area contributed by atoms with E-state index in [0.717, 1.165) is 6.07 Å². The van der Waals surface area contributed by atoms with E-state index in [1.165, 1.54) is 22.9 Å². The van der Waals surface area contributed by atoms with E-state index in [-0.39, 0.29) is 10.5 Å². The van der Waals surface area contributed by atoms with Gasteiger partial charge < -0.3 is 5.11 Å². The highest BCUT2D eigenvalue weighted by atomic mass is 32.2. The fourth-order valence-electron chi connectivity index (χ4n) is 1.15. The molecule has 4 nitrogen and oxygen atoms in total. The molecule has 0 heterocycles. The van der Waals surface area contributed by atoms with E-state index in [1.807, 2.05) is 0 Å². The quantitative estimate of drug-likeness (QED) is 0.857. The monoisotopic (exact) mass is 269 g/mol. The van der Waals surface area contributed by atoms with Crippen LogP contribution in [0, 0.1) is 0 Å². The van der Waals surface area contributed by atoms with Gasteiger partial charge in [-0.05, 0) is 11.6 Å². The molecule has 17 heavy (non-hydrogen) atoms. The molecule has 1 aromatic rings. The molecule has 0 spiro atoms. The van der Waals surface area contributed by atoms with Crippen molar-refractivity contribution in [3.8, 4) is 0 Å². The second-order valence-corrected chi connectivity index (χ2v) is 4.94. The minimum Gasteiger partial charge on any atom is -0.392 e. The van der Waals surface area contributed by atoms with Gasteiger partial charge in [0, 0.05) is 0 Å². The van der Waals surface area contributed by atoms with E-state index in [1.54, 1.807) is 0 Å². The van der Waals surface area contributed by atoms with Gasteiger partial charge in [-0.1, -0.05) is 18.2 Å². The number of aliphatic hydroxyl groups excluding tert-OH is 1. The summed E-state index contributed by atoms with van der Waals surface area (Å²) in [6.07, 6.45) is -4.62. The normalized spacial score (nSPS) is 12.7. The van der Waals surface area contributed by atoms with Crippen molar-refractivity contribution >= 4 is 10.0 Å². The number of aliphatic hydroxyl groups is 1. The molecule has 0 aliphatic heterocycles. The number of sulfonamides is 1. The molecule has 0 unspecified atom stereocenters. The van der Waals surface area contributed by atoms with Crippen LogP contribution >= 0.6 is 0 Å². The van der Waals surface area contributed by atoms with Gasteiger partial charge in [0.2, 0.25) is 10.0 Å². The summed E-state index contributed by atoms with van der Waals surface area (Å²) in [4.78, 5) is -0.355. The number of hydrogen-bond donors (Lipinski definition) is 2. The number of rotatable bonds is 4. The predicted octanol–water partition coefficient (Wildman–Crippen LogP) is 1.02. The number of nitrogens with one attached hydrogen (secondary N) is 1. The molecule has 0 amide bonds. The molecular formula is C9H10F3NO3S. The fraction of sp³-hybridized carbons (Fsp3) is 0.333. The molecule has 0 saturated carbocycles. The van der Waals surface area contributed by atoms with Gasteiger partial charge >= 0.3 is 6.18 Å². The first-order valence-electron chi connectivity index (χ1n) is 4.51. The summed E-state index contributed by atoms with van der Waals surface area (Å²) in [5, 5.41) is 8.90. The average molecular weight is 269 g/mol. The maximum absolute atomic E-state index is 11.9. The van der Waals surface area contributed by atoms with Gasteiger partial charge in [0.15, 0.2) is 0 Å². The average Bonchev–Trinajstić information content (AvgIpc) is 2.26. The molecule has 8 heteroatoms. The molecule has 2 N–H and O–H groups in total. The van der Waals surface area contributed by atoms with Crippen LogP contribution in [0.3, 0.4) is 0 Å². The van der Waals surface area contributed by atoms with Crippen LogP contribution in [0.5, 0.6) is 0 Å². The molecule has 0 atom stereocenters. The Morgan fingerprint density at radius 1 is 1.24 bits per heavy atom. The summed E-state index contributed by atoms with van der Waals surface area (Å²) in [6, 6.07) is 5.29. The molecule has 1 rings (SSSR count). The lowest BCUT2D eigenvalue weighted by Crippen LogP contribution is -2.34. The van der Waals surface area contributed by atoms with Gasteiger partial charge in [0.25, 0.3) is 0 Å². The van der Waals surface area contributed by atoms with Crippen LogP contribution < -0.4 is 4.72 Å². The lowest BCUT2D eigenvalue weighted by Gasteiger charge is -2.11. The Morgan fingerprint density at radius 2 is 1.82 bits per heavy atom. The third-order valence-corrected chi connectivity index (χ3v) is 3.40. The number of benzene rings is 1. The van der Waals surface area contributed by atoms with Crippen molar-refractivity contribution in [2.24, 2.45) is 0 Å². The summed E-state index contributed by atoms with van der Waals surface area (Å²) in [5.74, 6) is 0. The highest BCUT2D eigenvalue weighted by molar-refractivity contribution is 7.89. The summed E-state index contributed by atoms with van der Waals surface area (Å²) in [7, 11) is -4.27. The van der Waals surface area contributed by atoms with Crippen LogP contribution in [0.4, 0.5) is 13.2 Å². The molecule has 0 aliphatic rings. The molecular weight excluding hydrogens is 259 g/mol. The fourth-order valence-corrected chi connectivity index (χ4v) is 2.40. The largest absolute Gasteiger partial charge is 0.402 e. The van der Waals surface area contributed by atoms with Crippen LogP contribution in [0.1, 0.15) is 5.56 Å². The van der Waals surface area contributed by atoms with Crippen LogP contribution in [0.15, 0.2) is 29.2 Å². The first-order chi connectivity index (χ1) is 7.76. The highest BCUT2D eigenvalue weighted by Gasteiger charge is 2.30. The van der Waals surface area contributed by atoms with Gasteiger partial charge in [0.1, 0.15) is 6.54 Å². The van der Waals surface area contributed by atoms with Crippen molar-refractivity contribution < 1.29 is 26.7 Å². The smallest absolute Gasteiger partial charge is 0.392 e. The molecule has 1 aromatic carbocycles. The zero-order chi connectivity index (χ0) is 13.1. The summed E-state index contributed by atoms with van der Waals surface area (Å²) in [5.41, 5.74) is 0.0437. The van der Waals surface area contributed by atoms with Gasteiger partial charge in [-0.15, -0.1) is 0 Å². The van der Waals surface area contributed by atoms with Crippen LogP contribution in [0.2, 0.25) is 0 Å². The Balaban J connectivity index is 2.98. The van der Waals surface area contributed by atoms with Crippen molar-refractivity contribution in [2.45, 2.75) is 17.7 Å². The van der Waals surface area contributed by atoms with Crippen molar-refractivity contribution in [2.75, 3.05) is 6.54 Å². The van der Waals surface area contributed by atoms with Crippen molar-refractivity contribution in [1.29, 1.82) is 0 Å². The molecule has 0 bridgehead atoms. The standard InChI is InChI=1S/C9H10F3NO3S/c10-9(11,12)6-13-17(15,16)8-4-2-1-3-7(8)5-14/h1-4,13-14H,5-6H2. The zero-order valence-electron chi connectivity index (χ0n) is 8.53. The van der Waals surface area contributed by atoms with E-state index in [9.17, 15) is 21.6 Å². The first kappa shape index (κ1) is 13.9. The van der Waals surface area contributed by atoms with Gasteiger partial charge in [0.05, 0.1) is 11.5 Å². The Hall–Kier alpha value is -1.12. The summed E-state index contributed by atoms with van der Waals surface area (Å²) in [6.45, 7) is -2.21. The zero-order valence-corrected chi connectivity index (χ0v) is 9.35. The second-order valence-electron chi connectivity index (χ2n) is 3.21. The Kier molecular flexibility index (Phi) is 4.12. The van der Waals surface area contributed by atoms with Crippen LogP contribution in [-0.4, -0.2) is 26.2 Å². The number of hydrogen-bond acceptors (Lipinski definition) is 3. The maximum atomic E-state index is 11.9. The lowest BCUT2D eigenvalue weighted by molar-refractivity contribution is -0.121. The molecule has 0 radical (unpaired) electrons. The van der Waals surface area contributed by atoms with E-state index in [0.29, 0.717) is 0 Å². The van der Waals surface area contributed by atoms with E-state index >= 15 is 0 Å². The SMILES string of the molecule is O=S(=O)(NCC(F)(F)F)c1ccccc1CO. The Labute approximate surface area is 96.1 Å². The number of halogens is 3. The first-order valence-corrected chi connectivity index (χ1v) is 6.00. The van der Waals surface area contributed by atoms with E-state index < -0.39 is 29.4 Å². The minimum absolute atomic E-state index is 0.0437. The van der Waals surface area contributed by atoms with Crippen molar-refractivity contribution in [1.82, 2.24) is 4.72 Å². The third-order valence-electron chi connectivity index (χ3n) is 1.90. The van der Waals surface area contributed by atoms with Gasteiger partial charge in [-0.2, -0.15) is 13.2 Å². The molecule has 96 valence electrons. The van der Waals surface area contributed by atoms with Gasteiger partial charge in [-0.3, -0.25) is 0 Å². The van der Waals surface area contributed by atoms with Crippen LogP contribution in [-0.2, 0) is 16.6 Å². The summed E-state index contributed by atoms with van der Waals surface area (Å²) >= 11 is 0. The predicted molar refractivity (Wildman–Crippen MR) is 53.6 cm³/mol. The topological polar surface area (TPSA) is 66.4 Å². The van der Waals surface area contributed by atoms with Crippen molar-refractivity contribution in [3.63, 3.8) is 0 Å². The van der Waals surface area contributed by atoms with E-state index in [2.05, 4.69) is 0 Å². The highest BCUT2D eigenvalue weighted by Crippen LogP contribution is 2.18. The molecule has 0 aromatic heterocycles. The van der Waals surface area contributed by atoms with Crippen LogP contribution in [0.25, 0.3) is 0 Å². The third kappa shape index (κ3) is 3.99. The second kappa shape index (κ2) is 5.03. The lowest BCUT2D eigenvalue weighted by atomic mass is 10.2. The molecule has 0 saturated heterocycles. The number of alkyl halides is 3. The Morgan fingerprint density at radius 3 is 2.35 bits per heavy atom. The van der Waals surface area contributed by atoms with Crippen molar-refractivity contribution in [3.05, 3.63) is 29.8 Å². The maximum Gasteiger partial charge on any atom is 0.402 e. The minimum atomic E-state index is -4.62.